The predicted octanol–water partition coefficient (Wildman–Crippen LogP) is 3.25. The highest BCUT2D eigenvalue weighted by Gasteiger charge is 2.25. The molecule has 25 heavy (non-hydrogen) atoms. The quantitative estimate of drug-likeness (QED) is 0.507. The van der Waals surface area contributed by atoms with Crippen LogP contribution in [0.5, 0.6) is 0 Å². The number of urea groups is 1. The Morgan fingerprint density at radius 3 is 2.52 bits per heavy atom. The highest BCUT2D eigenvalue weighted by atomic mass is 31.2. The van der Waals surface area contributed by atoms with E-state index in [2.05, 4.69) is 18.9 Å². The molecule has 1 aromatic carbocycles. The molecule has 8 heteroatoms. The minimum absolute atomic E-state index is 0.395. The number of anilines is 1. The number of hydrogen-bond acceptors (Lipinski definition) is 3. The second kappa shape index (κ2) is 8.81. The number of unbranched alkanes of at least 4 members (excludes halogenated alkanes) is 2. The molecule has 0 saturated carbocycles. The van der Waals surface area contributed by atoms with E-state index in [1.807, 2.05) is 24.3 Å². The maximum atomic E-state index is 12.3. The number of carbonyl (C=O) groups excluding carboxylic acids is 1. The summed E-state index contributed by atoms with van der Waals surface area (Å²) < 4.78 is 11.1. The first-order valence-electron chi connectivity index (χ1n) is 8.77. The number of likely N-dealkylation sites (tertiary alicyclic amines) is 1. The molecule has 0 aliphatic carbocycles. The SMILES string of the molecule is CCCCCN(C(=O)NP(=O)(O)O)c1ccc(C2CCCN2C)cc1. The normalized spacial score (nSPS) is 18.3. The van der Waals surface area contributed by atoms with E-state index in [1.54, 1.807) is 5.09 Å². The zero-order valence-corrected chi connectivity index (χ0v) is 15.8. The molecule has 2 rings (SSSR count). The smallest absolute Gasteiger partial charge is 0.308 e. The van der Waals surface area contributed by atoms with Gasteiger partial charge in [0.05, 0.1) is 0 Å². The molecule has 0 aromatic heterocycles. The molecule has 140 valence electrons. The first kappa shape index (κ1) is 19.9. The predicted molar refractivity (Wildman–Crippen MR) is 98.5 cm³/mol. The van der Waals surface area contributed by atoms with Crippen LogP contribution in [0.1, 0.15) is 50.6 Å². The lowest BCUT2D eigenvalue weighted by Gasteiger charge is -2.25. The summed E-state index contributed by atoms with van der Waals surface area (Å²) in [6.07, 6.45) is 5.02. The summed E-state index contributed by atoms with van der Waals surface area (Å²) in [4.78, 5) is 34.0. The minimum Gasteiger partial charge on any atom is -0.308 e. The molecule has 7 nitrogen and oxygen atoms in total. The fourth-order valence-corrected chi connectivity index (χ4v) is 3.63. The van der Waals surface area contributed by atoms with Gasteiger partial charge in [-0.15, -0.1) is 0 Å². The summed E-state index contributed by atoms with van der Waals surface area (Å²) in [5.41, 5.74) is 1.85. The molecule has 0 spiro atoms. The molecule has 1 fully saturated rings. The number of benzene rings is 1. The summed E-state index contributed by atoms with van der Waals surface area (Å²) >= 11 is 0. The zero-order valence-electron chi connectivity index (χ0n) is 14.9. The monoisotopic (exact) mass is 369 g/mol. The van der Waals surface area contributed by atoms with Crippen LogP contribution < -0.4 is 9.99 Å². The van der Waals surface area contributed by atoms with Gasteiger partial charge in [-0.3, -0.25) is 9.80 Å². The molecule has 1 saturated heterocycles. The summed E-state index contributed by atoms with van der Waals surface area (Å²) in [5.74, 6) is 0. The Balaban J connectivity index is 2.15. The van der Waals surface area contributed by atoms with Gasteiger partial charge >= 0.3 is 13.8 Å². The molecule has 2 amide bonds. The van der Waals surface area contributed by atoms with E-state index < -0.39 is 13.8 Å². The lowest BCUT2D eigenvalue weighted by atomic mass is 10.0. The van der Waals surface area contributed by atoms with E-state index in [4.69, 9.17) is 9.79 Å². The third-order valence-corrected chi connectivity index (χ3v) is 5.06. The van der Waals surface area contributed by atoms with Crippen LogP contribution in [0.25, 0.3) is 0 Å². The maximum Gasteiger partial charge on any atom is 0.431 e. The van der Waals surface area contributed by atoms with Crippen LogP contribution in [0.3, 0.4) is 0 Å². The van der Waals surface area contributed by atoms with Crippen LogP contribution in [0.15, 0.2) is 24.3 Å². The van der Waals surface area contributed by atoms with Gasteiger partial charge < -0.3 is 9.79 Å². The van der Waals surface area contributed by atoms with Crippen LogP contribution in [-0.2, 0) is 4.57 Å². The second-order valence-corrected chi connectivity index (χ2v) is 7.86. The molecule has 1 heterocycles. The van der Waals surface area contributed by atoms with E-state index in [0.717, 1.165) is 32.2 Å². The van der Waals surface area contributed by atoms with Crippen molar-refractivity contribution in [1.82, 2.24) is 9.99 Å². The van der Waals surface area contributed by atoms with Crippen LogP contribution in [0.2, 0.25) is 0 Å². The third-order valence-electron chi connectivity index (χ3n) is 4.58. The molecule has 1 unspecified atom stereocenters. The topological polar surface area (TPSA) is 93.1 Å². The summed E-state index contributed by atoms with van der Waals surface area (Å²) in [5, 5.41) is 1.77. The highest BCUT2D eigenvalue weighted by molar-refractivity contribution is 7.50. The van der Waals surface area contributed by atoms with E-state index in [0.29, 0.717) is 18.3 Å². The van der Waals surface area contributed by atoms with Crippen molar-refractivity contribution in [2.45, 2.75) is 45.1 Å². The highest BCUT2D eigenvalue weighted by Crippen LogP contribution is 2.32. The lowest BCUT2D eigenvalue weighted by molar-refractivity contribution is 0.247. The van der Waals surface area contributed by atoms with Crippen molar-refractivity contribution in [3.8, 4) is 0 Å². The van der Waals surface area contributed by atoms with Crippen molar-refractivity contribution < 1.29 is 19.1 Å². The molecule has 3 N–H and O–H groups in total. The van der Waals surface area contributed by atoms with Crippen molar-refractivity contribution in [3.63, 3.8) is 0 Å². The number of nitrogens with one attached hydrogen (secondary N) is 1. The molecular formula is C17H28N3O4P. The van der Waals surface area contributed by atoms with Gasteiger partial charge in [0.15, 0.2) is 0 Å². The lowest BCUT2D eigenvalue weighted by Crippen LogP contribution is -2.39. The number of rotatable bonds is 7. The standard InChI is InChI=1S/C17H28N3O4P/c1-3-4-5-13-20(17(21)18-25(22,23)24)15-10-8-14(9-11-15)16-7-6-12-19(16)2/h8-11,16H,3-7,12-13H2,1-2H3,(H3,18,21,22,23,24). The fraction of sp³-hybridized carbons (Fsp3) is 0.588. The van der Waals surface area contributed by atoms with Gasteiger partial charge in [0.1, 0.15) is 0 Å². The average molecular weight is 369 g/mol. The van der Waals surface area contributed by atoms with Gasteiger partial charge in [-0.25, -0.2) is 14.4 Å². The van der Waals surface area contributed by atoms with Crippen molar-refractivity contribution in [3.05, 3.63) is 29.8 Å². The molecule has 1 aliphatic rings. The Morgan fingerprint density at radius 1 is 1.32 bits per heavy atom. The Bertz CT molecular complexity index is 617. The first-order valence-corrected chi connectivity index (χ1v) is 10.4. The molecular weight excluding hydrogens is 341 g/mol. The van der Waals surface area contributed by atoms with Crippen molar-refractivity contribution in [2.24, 2.45) is 0 Å². The largest absolute Gasteiger partial charge is 0.431 e. The third kappa shape index (κ3) is 5.82. The van der Waals surface area contributed by atoms with Crippen molar-refractivity contribution in [1.29, 1.82) is 0 Å². The fourth-order valence-electron chi connectivity index (χ4n) is 3.26. The Morgan fingerprint density at radius 2 is 2.00 bits per heavy atom. The van der Waals surface area contributed by atoms with E-state index in [-0.39, 0.29) is 0 Å². The maximum absolute atomic E-state index is 12.3. The number of hydrogen-bond donors (Lipinski definition) is 3. The second-order valence-electron chi connectivity index (χ2n) is 6.55. The van der Waals surface area contributed by atoms with E-state index in [1.165, 1.54) is 16.9 Å². The first-order chi connectivity index (χ1) is 11.8. The van der Waals surface area contributed by atoms with Crippen LogP contribution >= 0.6 is 7.75 Å². The van der Waals surface area contributed by atoms with Gasteiger partial charge in [0.2, 0.25) is 0 Å². The Hall–Kier alpha value is -1.40. The molecule has 1 aromatic rings. The van der Waals surface area contributed by atoms with Gasteiger partial charge in [0, 0.05) is 18.3 Å². The van der Waals surface area contributed by atoms with Crippen LogP contribution in [-0.4, -0.2) is 40.9 Å². The van der Waals surface area contributed by atoms with Gasteiger partial charge in [-0.1, -0.05) is 31.9 Å². The minimum atomic E-state index is -4.62. The van der Waals surface area contributed by atoms with Crippen LogP contribution in [0.4, 0.5) is 10.5 Å². The van der Waals surface area contributed by atoms with Crippen molar-refractivity contribution >= 4 is 19.5 Å². The zero-order chi connectivity index (χ0) is 18.4. The summed E-state index contributed by atoms with van der Waals surface area (Å²) in [7, 11) is -2.51. The van der Waals surface area contributed by atoms with Crippen LogP contribution in [0, 0.1) is 0 Å². The summed E-state index contributed by atoms with van der Waals surface area (Å²) in [6.45, 7) is 3.57. The number of nitrogens with zero attached hydrogens (tertiary/aromatic N) is 2. The molecule has 0 bridgehead atoms. The summed E-state index contributed by atoms with van der Waals surface area (Å²) in [6, 6.07) is 7.33. The van der Waals surface area contributed by atoms with E-state index in [9.17, 15) is 9.36 Å². The average Bonchev–Trinajstić information content (AvgIpc) is 2.96. The van der Waals surface area contributed by atoms with Gasteiger partial charge in [-0.2, -0.15) is 0 Å². The van der Waals surface area contributed by atoms with Gasteiger partial charge in [-0.05, 0) is 50.6 Å². The molecule has 0 radical (unpaired) electrons. The van der Waals surface area contributed by atoms with Gasteiger partial charge in [0.25, 0.3) is 0 Å². The Labute approximate surface area is 149 Å². The van der Waals surface area contributed by atoms with E-state index >= 15 is 0 Å². The number of amides is 2. The number of carbonyl (C=O) groups is 1. The Kier molecular flexibility index (Phi) is 7.02. The van der Waals surface area contributed by atoms with Crippen molar-refractivity contribution in [2.75, 3.05) is 25.0 Å². The molecule has 1 atom stereocenters. The molecule has 1 aliphatic heterocycles.